The van der Waals surface area contributed by atoms with E-state index in [0.717, 1.165) is 28.4 Å². The van der Waals surface area contributed by atoms with Crippen molar-refractivity contribution in [1.29, 1.82) is 0 Å². The van der Waals surface area contributed by atoms with E-state index in [-0.39, 0.29) is 30.2 Å². The molecule has 1 fully saturated rings. The van der Waals surface area contributed by atoms with Crippen LogP contribution in [-0.4, -0.2) is 57.8 Å². The highest BCUT2D eigenvalue weighted by molar-refractivity contribution is 7.10. The lowest BCUT2D eigenvalue weighted by molar-refractivity contribution is -0.138. The van der Waals surface area contributed by atoms with Crippen molar-refractivity contribution in [2.45, 2.75) is 25.6 Å². The first-order valence-electron chi connectivity index (χ1n) is 10.9. The molecule has 184 valence electrons. The van der Waals surface area contributed by atoms with Crippen molar-refractivity contribution >= 4 is 23.2 Å². The van der Waals surface area contributed by atoms with Gasteiger partial charge >= 0.3 is 6.18 Å². The monoisotopic (exact) mass is 504 g/mol. The van der Waals surface area contributed by atoms with Crippen LogP contribution in [0, 0.1) is 0 Å². The molecule has 1 aromatic carbocycles. The third-order valence-electron chi connectivity index (χ3n) is 5.75. The molecule has 1 aliphatic heterocycles. The van der Waals surface area contributed by atoms with Crippen LogP contribution < -0.4 is 4.74 Å². The zero-order chi connectivity index (χ0) is 25.0. The Morgan fingerprint density at radius 1 is 1.09 bits per heavy atom. The van der Waals surface area contributed by atoms with Crippen LogP contribution in [0.15, 0.2) is 54.2 Å². The SMILES string of the molecule is CC(=O)N1CCC(c2nc(-c3ccncc3)cs2)N(C(=O)COc2ccc(C(F)(F)F)cc2)CC1. The standard InChI is InChI=1S/C24H23F3N4O3S/c1-16(32)30-11-8-21(23-29-20(15-35-23)17-6-9-28-10-7-17)31(13-12-30)22(33)14-34-19-4-2-18(3-5-19)24(25,26)27/h2-7,9-10,15,21H,8,11-14H2,1H3. The number of alkyl halides is 3. The van der Waals surface area contributed by atoms with Gasteiger partial charge in [0, 0.05) is 49.9 Å². The number of hydrogen-bond donors (Lipinski definition) is 0. The van der Waals surface area contributed by atoms with Crippen molar-refractivity contribution in [3.63, 3.8) is 0 Å². The topological polar surface area (TPSA) is 75.6 Å². The summed E-state index contributed by atoms with van der Waals surface area (Å²) in [6.45, 7) is 2.30. The second kappa shape index (κ2) is 10.4. The van der Waals surface area contributed by atoms with Gasteiger partial charge in [-0.05, 0) is 42.8 Å². The lowest BCUT2D eigenvalue weighted by Gasteiger charge is -2.28. The van der Waals surface area contributed by atoms with E-state index in [4.69, 9.17) is 9.72 Å². The molecule has 1 unspecified atom stereocenters. The third-order valence-corrected chi connectivity index (χ3v) is 6.70. The number of rotatable bonds is 5. The smallest absolute Gasteiger partial charge is 0.416 e. The Morgan fingerprint density at radius 3 is 2.46 bits per heavy atom. The average molecular weight is 505 g/mol. The van der Waals surface area contributed by atoms with E-state index >= 15 is 0 Å². The molecule has 3 heterocycles. The molecule has 35 heavy (non-hydrogen) atoms. The molecule has 1 aliphatic rings. The van der Waals surface area contributed by atoms with Crippen molar-refractivity contribution < 1.29 is 27.5 Å². The van der Waals surface area contributed by atoms with Gasteiger partial charge in [-0.25, -0.2) is 4.98 Å². The summed E-state index contributed by atoms with van der Waals surface area (Å²) in [5, 5.41) is 2.66. The van der Waals surface area contributed by atoms with Crippen LogP contribution in [0.2, 0.25) is 0 Å². The van der Waals surface area contributed by atoms with Crippen molar-refractivity contribution in [3.05, 3.63) is 64.7 Å². The van der Waals surface area contributed by atoms with Crippen LogP contribution in [0.5, 0.6) is 5.75 Å². The maximum Gasteiger partial charge on any atom is 0.416 e. The highest BCUT2D eigenvalue weighted by Gasteiger charge is 2.32. The number of halogens is 3. The number of ether oxygens (including phenoxy) is 1. The van der Waals surface area contributed by atoms with E-state index in [0.29, 0.717) is 26.1 Å². The Bertz CT molecular complexity index is 1170. The number of amides is 2. The average Bonchev–Trinajstić information content (AvgIpc) is 3.22. The van der Waals surface area contributed by atoms with Crippen molar-refractivity contribution in [2.24, 2.45) is 0 Å². The molecule has 3 aromatic rings. The fourth-order valence-corrected chi connectivity index (χ4v) is 4.84. The fraction of sp³-hybridized carbons (Fsp3) is 0.333. The molecule has 0 radical (unpaired) electrons. The van der Waals surface area contributed by atoms with Gasteiger partial charge in [0.1, 0.15) is 10.8 Å². The zero-order valence-corrected chi connectivity index (χ0v) is 19.7. The summed E-state index contributed by atoms with van der Waals surface area (Å²) in [6.07, 6.45) is -0.577. The van der Waals surface area contributed by atoms with Gasteiger partial charge in [-0.2, -0.15) is 13.2 Å². The zero-order valence-electron chi connectivity index (χ0n) is 18.9. The highest BCUT2D eigenvalue weighted by Crippen LogP contribution is 2.33. The quantitative estimate of drug-likeness (QED) is 0.514. The molecule has 11 heteroatoms. The molecule has 4 rings (SSSR count). The van der Waals surface area contributed by atoms with E-state index < -0.39 is 11.7 Å². The molecular weight excluding hydrogens is 481 g/mol. The van der Waals surface area contributed by atoms with Gasteiger partial charge in [0.15, 0.2) is 6.61 Å². The molecule has 2 aromatic heterocycles. The Balaban J connectivity index is 1.51. The number of carbonyl (C=O) groups is 2. The van der Waals surface area contributed by atoms with E-state index in [1.807, 2.05) is 17.5 Å². The van der Waals surface area contributed by atoms with Gasteiger partial charge in [-0.3, -0.25) is 14.6 Å². The van der Waals surface area contributed by atoms with Gasteiger partial charge in [0.25, 0.3) is 5.91 Å². The van der Waals surface area contributed by atoms with Crippen LogP contribution in [0.25, 0.3) is 11.3 Å². The molecule has 1 saturated heterocycles. The Hall–Kier alpha value is -3.47. The van der Waals surface area contributed by atoms with Crippen molar-refractivity contribution in [3.8, 4) is 17.0 Å². The van der Waals surface area contributed by atoms with Crippen LogP contribution >= 0.6 is 11.3 Å². The van der Waals surface area contributed by atoms with Crippen molar-refractivity contribution in [1.82, 2.24) is 19.8 Å². The summed E-state index contributed by atoms with van der Waals surface area (Å²) in [4.78, 5) is 37.2. The Morgan fingerprint density at radius 2 is 1.80 bits per heavy atom. The summed E-state index contributed by atoms with van der Waals surface area (Å²) in [6, 6.07) is 7.55. The summed E-state index contributed by atoms with van der Waals surface area (Å²) in [5.41, 5.74) is 0.889. The molecule has 2 amide bonds. The van der Waals surface area contributed by atoms with Gasteiger partial charge in [0.05, 0.1) is 17.3 Å². The van der Waals surface area contributed by atoms with Crippen LogP contribution in [0.1, 0.15) is 30.0 Å². The van der Waals surface area contributed by atoms with E-state index in [2.05, 4.69) is 4.98 Å². The molecule has 0 N–H and O–H groups in total. The first kappa shape index (κ1) is 24.6. The van der Waals surface area contributed by atoms with E-state index in [9.17, 15) is 22.8 Å². The van der Waals surface area contributed by atoms with Crippen LogP contribution in [0.3, 0.4) is 0 Å². The Labute approximate surface area is 204 Å². The predicted molar refractivity (Wildman–Crippen MR) is 124 cm³/mol. The minimum absolute atomic E-state index is 0.0735. The summed E-state index contributed by atoms with van der Waals surface area (Å²) in [7, 11) is 0. The molecule has 0 spiro atoms. The van der Waals surface area contributed by atoms with Gasteiger partial charge < -0.3 is 14.5 Å². The lowest BCUT2D eigenvalue weighted by atomic mass is 10.1. The van der Waals surface area contributed by atoms with E-state index in [1.165, 1.54) is 30.4 Å². The van der Waals surface area contributed by atoms with E-state index in [1.54, 1.807) is 22.2 Å². The molecule has 0 bridgehead atoms. The van der Waals surface area contributed by atoms with Gasteiger partial charge in [-0.15, -0.1) is 11.3 Å². The normalized spacial score (nSPS) is 16.6. The minimum atomic E-state index is -4.45. The molecule has 0 saturated carbocycles. The maximum absolute atomic E-state index is 13.2. The maximum atomic E-state index is 13.2. The van der Waals surface area contributed by atoms with Crippen LogP contribution in [-0.2, 0) is 15.8 Å². The number of thiazole rings is 1. The fourth-order valence-electron chi connectivity index (χ4n) is 3.86. The first-order valence-corrected chi connectivity index (χ1v) is 11.8. The second-order valence-corrected chi connectivity index (χ2v) is 8.91. The largest absolute Gasteiger partial charge is 0.484 e. The summed E-state index contributed by atoms with van der Waals surface area (Å²) >= 11 is 1.43. The summed E-state index contributed by atoms with van der Waals surface area (Å²) in [5.74, 6) is -0.242. The molecule has 1 atom stereocenters. The van der Waals surface area contributed by atoms with Gasteiger partial charge in [0.2, 0.25) is 5.91 Å². The van der Waals surface area contributed by atoms with Gasteiger partial charge in [-0.1, -0.05) is 0 Å². The number of nitrogens with zero attached hydrogens (tertiary/aromatic N) is 4. The second-order valence-electron chi connectivity index (χ2n) is 8.02. The number of benzene rings is 1. The highest BCUT2D eigenvalue weighted by atomic mass is 32.1. The molecule has 0 aliphatic carbocycles. The lowest BCUT2D eigenvalue weighted by Crippen LogP contribution is -2.40. The summed E-state index contributed by atoms with van der Waals surface area (Å²) < 4.78 is 43.8. The number of carbonyl (C=O) groups excluding carboxylic acids is 2. The predicted octanol–water partition coefficient (Wildman–Crippen LogP) is 4.42. The molecule has 7 nitrogen and oxygen atoms in total. The van der Waals surface area contributed by atoms with Crippen LogP contribution in [0.4, 0.5) is 13.2 Å². The van der Waals surface area contributed by atoms with Crippen molar-refractivity contribution in [2.75, 3.05) is 26.2 Å². The molecular formula is C24H23F3N4O3S. The number of aromatic nitrogens is 2. The first-order chi connectivity index (χ1) is 16.7. The number of pyridine rings is 1. The Kier molecular flexibility index (Phi) is 7.34. The minimum Gasteiger partial charge on any atom is -0.484 e. The third kappa shape index (κ3) is 5.97. The number of hydrogen-bond acceptors (Lipinski definition) is 6.